The Labute approximate surface area is 191 Å². The van der Waals surface area contributed by atoms with Crippen molar-refractivity contribution in [2.24, 2.45) is 12.8 Å². The molecule has 8 nitrogen and oxygen atoms in total. The average Bonchev–Trinajstić information content (AvgIpc) is 3.23. The standard InChI is InChI=1S/C24H17F2N7O/c1-28-19-13-6-4-3-5-12(13)7-8-14(19)22-16(11-29-33(22)2)17-10-9-15-20(30-17)21(18(27)23(25)26)31-32-24(15)34/h3-11,18,23H,27H2,2H3,(H,32,34). The molecular weight excluding hydrogens is 440 g/mol. The Kier molecular flexibility index (Phi) is 5.11. The van der Waals surface area contributed by atoms with Crippen molar-refractivity contribution < 1.29 is 8.78 Å². The van der Waals surface area contributed by atoms with Gasteiger partial charge >= 0.3 is 0 Å². The van der Waals surface area contributed by atoms with Crippen LogP contribution < -0.4 is 11.3 Å². The van der Waals surface area contributed by atoms with Crippen molar-refractivity contribution in [3.05, 3.63) is 82.2 Å². The SMILES string of the molecule is [C-]#[N+]c1c(-c2c(-c3ccc4c(=O)[nH]nc(C(N)C(F)F)c4n3)cnn2C)ccc2ccccc12. The van der Waals surface area contributed by atoms with Gasteiger partial charge in [0.15, 0.2) is 0 Å². The van der Waals surface area contributed by atoms with Crippen LogP contribution in [0.25, 0.3) is 49.0 Å². The molecule has 0 aliphatic carbocycles. The molecule has 1 atom stereocenters. The summed E-state index contributed by atoms with van der Waals surface area (Å²) in [5.74, 6) is 0. The zero-order chi connectivity index (χ0) is 24.0. The Morgan fingerprint density at radius 3 is 2.65 bits per heavy atom. The van der Waals surface area contributed by atoms with Crippen LogP contribution >= 0.6 is 0 Å². The Balaban J connectivity index is 1.77. The van der Waals surface area contributed by atoms with Gasteiger partial charge in [-0.3, -0.25) is 9.48 Å². The maximum Gasteiger partial charge on any atom is 0.273 e. The summed E-state index contributed by atoms with van der Waals surface area (Å²) in [6, 6.07) is 12.7. The third-order valence-electron chi connectivity index (χ3n) is 5.73. The van der Waals surface area contributed by atoms with Crippen LogP contribution in [0.15, 0.2) is 59.5 Å². The lowest BCUT2D eigenvalue weighted by molar-refractivity contribution is 0.115. The second kappa shape index (κ2) is 8.13. The highest BCUT2D eigenvalue weighted by molar-refractivity contribution is 6.03. The Morgan fingerprint density at radius 1 is 1.09 bits per heavy atom. The monoisotopic (exact) mass is 457 g/mol. The molecular formula is C24H17F2N7O. The summed E-state index contributed by atoms with van der Waals surface area (Å²) in [6.45, 7) is 7.81. The summed E-state index contributed by atoms with van der Waals surface area (Å²) in [4.78, 5) is 20.5. The lowest BCUT2D eigenvalue weighted by Gasteiger charge is -2.13. The lowest BCUT2D eigenvalue weighted by Crippen LogP contribution is -2.24. The molecule has 0 saturated heterocycles. The van der Waals surface area contributed by atoms with Crippen LogP contribution in [0.3, 0.4) is 0 Å². The largest absolute Gasteiger partial charge is 0.318 e. The van der Waals surface area contributed by atoms with Crippen LogP contribution in [-0.4, -0.2) is 31.4 Å². The summed E-state index contributed by atoms with van der Waals surface area (Å²) in [7, 11) is 1.74. The number of aryl methyl sites for hydroxylation is 1. The van der Waals surface area contributed by atoms with Crippen molar-refractivity contribution >= 4 is 27.4 Å². The fourth-order valence-electron chi connectivity index (χ4n) is 4.07. The van der Waals surface area contributed by atoms with Gasteiger partial charge in [-0.25, -0.2) is 23.7 Å². The van der Waals surface area contributed by atoms with Gasteiger partial charge in [-0.05, 0) is 22.9 Å². The fourth-order valence-corrected chi connectivity index (χ4v) is 4.07. The van der Waals surface area contributed by atoms with E-state index in [1.54, 1.807) is 24.0 Å². The van der Waals surface area contributed by atoms with E-state index in [1.165, 1.54) is 6.07 Å². The van der Waals surface area contributed by atoms with Crippen LogP contribution in [0.1, 0.15) is 11.7 Å². The minimum atomic E-state index is -2.89. The molecule has 3 N–H and O–H groups in total. The Hall–Kier alpha value is -4.49. The van der Waals surface area contributed by atoms with E-state index in [4.69, 9.17) is 12.3 Å². The molecule has 0 amide bonds. The predicted octanol–water partition coefficient (Wildman–Crippen LogP) is 4.35. The molecule has 10 heteroatoms. The molecule has 34 heavy (non-hydrogen) atoms. The second-order valence-corrected chi connectivity index (χ2v) is 7.72. The number of H-pyrrole nitrogens is 1. The first-order chi connectivity index (χ1) is 16.4. The van der Waals surface area contributed by atoms with Crippen LogP contribution in [-0.2, 0) is 7.05 Å². The molecule has 0 fully saturated rings. The number of alkyl halides is 2. The number of nitrogens with two attached hydrogens (primary N) is 1. The molecule has 0 aliphatic rings. The quantitative estimate of drug-likeness (QED) is 0.390. The number of rotatable bonds is 4. The molecule has 5 rings (SSSR count). The van der Waals surface area contributed by atoms with Crippen molar-refractivity contribution in [1.82, 2.24) is 25.0 Å². The van der Waals surface area contributed by atoms with E-state index in [9.17, 15) is 13.6 Å². The van der Waals surface area contributed by atoms with Crippen LogP contribution in [0.5, 0.6) is 0 Å². The molecule has 168 valence electrons. The first-order valence-corrected chi connectivity index (χ1v) is 10.3. The van der Waals surface area contributed by atoms with E-state index in [0.29, 0.717) is 28.2 Å². The molecule has 5 aromatic rings. The highest BCUT2D eigenvalue weighted by Crippen LogP contribution is 2.41. The molecule has 3 aromatic heterocycles. The molecule has 0 radical (unpaired) electrons. The number of aromatic nitrogens is 5. The second-order valence-electron chi connectivity index (χ2n) is 7.72. The molecule has 1 unspecified atom stereocenters. The summed E-state index contributed by atoms with van der Waals surface area (Å²) >= 11 is 0. The molecule has 0 bridgehead atoms. The zero-order valence-electron chi connectivity index (χ0n) is 17.8. The third kappa shape index (κ3) is 3.30. The summed E-state index contributed by atoms with van der Waals surface area (Å²) in [5, 5.41) is 12.1. The van der Waals surface area contributed by atoms with Gasteiger partial charge in [-0.15, -0.1) is 0 Å². The van der Waals surface area contributed by atoms with Gasteiger partial charge in [0.1, 0.15) is 17.3 Å². The maximum atomic E-state index is 13.3. The zero-order valence-corrected chi connectivity index (χ0v) is 17.8. The van der Waals surface area contributed by atoms with Crippen molar-refractivity contribution in [3.63, 3.8) is 0 Å². The van der Waals surface area contributed by atoms with Gasteiger partial charge in [-0.2, -0.15) is 10.2 Å². The molecule has 3 heterocycles. The van der Waals surface area contributed by atoms with Gasteiger partial charge in [0.2, 0.25) is 5.69 Å². The van der Waals surface area contributed by atoms with Gasteiger partial charge in [-0.1, -0.05) is 36.4 Å². The van der Waals surface area contributed by atoms with Crippen molar-refractivity contribution in [1.29, 1.82) is 0 Å². The Morgan fingerprint density at radius 2 is 1.88 bits per heavy atom. The minimum absolute atomic E-state index is 0.00670. The molecule has 0 saturated carbocycles. The number of aromatic amines is 1. The number of halogens is 2. The summed E-state index contributed by atoms with van der Waals surface area (Å²) in [6.07, 6.45) is -1.31. The smallest absolute Gasteiger partial charge is 0.273 e. The number of hydrogen-bond donors (Lipinski definition) is 2. The normalized spacial score (nSPS) is 12.4. The van der Waals surface area contributed by atoms with Gasteiger partial charge in [0.25, 0.3) is 12.0 Å². The van der Waals surface area contributed by atoms with Gasteiger partial charge in [0, 0.05) is 18.2 Å². The van der Waals surface area contributed by atoms with E-state index in [-0.39, 0.29) is 16.6 Å². The number of benzene rings is 2. The van der Waals surface area contributed by atoms with Gasteiger partial charge in [0.05, 0.1) is 29.5 Å². The number of pyridine rings is 1. The Bertz CT molecular complexity index is 1670. The third-order valence-corrected chi connectivity index (χ3v) is 5.73. The number of nitrogens with one attached hydrogen (secondary N) is 1. The number of fused-ring (bicyclic) bond motifs is 2. The molecule has 2 aromatic carbocycles. The number of hydrogen-bond acceptors (Lipinski definition) is 5. The summed E-state index contributed by atoms with van der Waals surface area (Å²) < 4.78 is 28.3. The average molecular weight is 457 g/mol. The van der Waals surface area contributed by atoms with Crippen LogP contribution in [0.4, 0.5) is 14.5 Å². The van der Waals surface area contributed by atoms with Crippen LogP contribution in [0.2, 0.25) is 0 Å². The highest BCUT2D eigenvalue weighted by Gasteiger charge is 2.25. The van der Waals surface area contributed by atoms with E-state index in [2.05, 4.69) is 25.1 Å². The highest BCUT2D eigenvalue weighted by atomic mass is 19.3. The molecule has 0 spiro atoms. The first-order valence-electron chi connectivity index (χ1n) is 10.3. The van der Waals surface area contributed by atoms with E-state index in [1.807, 2.05) is 36.4 Å². The fraction of sp³-hybridized carbons (Fsp3) is 0.125. The topological polar surface area (TPSA) is 107 Å². The molecule has 0 aliphatic heterocycles. The maximum absolute atomic E-state index is 13.3. The summed E-state index contributed by atoms with van der Waals surface area (Å²) in [5.41, 5.74) is 7.56. The minimum Gasteiger partial charge on any atom is -0.318 e. The van der Waals surface area contributed by atoms with Crippen molar-refractivity contribution in [2.45, 2.75) is 12.5 Å². The van der Waals surface area contributed by atoms with E-state index < -0.39 is 18.0 Å². The first kappa shape index (κ1) is 21.4. The van der Waals surface area contributed by atoms with Crippen LogP contribution in [0, 0.1) is 6.57 Å². The van der Waals surface area contributed by atoms with Crippen molar-refractivity contribution in [2.75, 3.05) is 0 Å². The van der Waals surface area contributed by atoms with E-state index in [0.717, 1.165) is 10.8 Å². The van der Waals surface area contributed by atoms with E-state index >= 15 is 0 Å². The lowest BCUT2D eigenvalue weighted by atomic mass is 9.98. The van der Waals surface area contributed by atoms with Crippen molar-refractivity contribution in [3.8, 4) is 22.5 Å². The predicted molar refractivity (Wildman–Crippen MR) is 124 cm³/mol. The van der Waals surface area contributed by atoms with Gasteiger partial charge < -0.3 is 5.73 Å². The number of nitrogens with zero attached hydrogens (tertiary/aromatic N) is 5.